The van der Waals surface area contributed by atoms with Crippen molar-refractivity contribution >= 4 is 32.8 Å². The number of nitrogens with zero attached hydrogens (tertiary/aromatic N) is 2. The smallest absolute Gasteiger partial charge is 0.211 e. The SMILES string of the molecule is O=c1c(N2CCN(c3ccccc3)CC2)csc2ccc(F)cc12. The first-order chi connectivity index (χ1) is 11.7. The molecule has 0 spiro atoms. The van der Waals surface area contributed by atoms with E-state index in [2.05, 4.69) is 21.9 Å². The van der Waals surface area contributed by atoms with Gasteiger partial charge in [0.25, 0.3) is 0 Å². The molecule has 3 aromatic rings. The van der Waals surface area contributed by atoms with Gasteiger partial charge in [-0.15, -0.1) is 11.3 Å². The van der Waals surface area contributed by atoms with Crippen molar-refractivity contribution in [2.75, 3.05) is 36.0 Å². The minimum atomic E-state index is -0.363. The summed E-state index contributed by atoms with van der Waals surface area (Å²) in [4.78, 5) is 17.2. The summed E-state index contributed by atoms with van der Waals surface area (Å²) in [6.45, 7) is 3.32. The van der Waals surface area contributed by atoms with Crippen LogP contribution in [0.4, 0.5) is 15.8 Å². The Morgan fingerprint density at radius 1 is 0.917 bits per heavy atom. The highest BCUT2D eigenvalue weighted by molar-refractivity contribution is 7.16. The number of hydrogen-bond acceptors (Lipinski definition) is 4. The fourth-order valence-electron chi connectivity index (χ4n) is 3.16. The van der Waals surface area contributed by atoms with Crippen molar-refractivity contribution in [3.8, 4) is 0 Å². The lowest BCUT2D eigenvalue weighted by Gasteiger charge is -2.37. The average Bonchev–Trinajstić information content (AvgIpc) is 2.63. The average molecular weight is 340 g/mol. The van der Waals surface area contributed by atoms with Crippen molar-refractivity contribution in [2.24, 2.45) is 0 Å². The molecule has 1 aromatic heterocycles. The molecule has 0 amide bonds. The Bertz CT molecular complexity index is 918. The van der Waals surface area contributed by atoms with Crippen LogP contribution in [-0.2, 0) is 0 Å². The van der Waals surface area contributed by atoms with E-state index in [9.17, 15) is 9.18 Å². The zero-order valence-electron chi connectivity index (χ0n) is 13.1. The van der Waals surface area contributed by atoms with Gasteiger partial charge in [0.1, 0.15) is 5.82 Å². The number of fused-ring (bicyclic) bond motifs is 1. The first-order valence-corrected chi connectivity index (χ1v) is 8.86. The predicted molar refractivity (Wildman–Crippen MR) is 98.9 cm³/mol. The highest BCUT2D eigenvalue weighted by atomic mass is 32.1. The van der Waals surface area contributed by atoms with Crippen molar-refractivity contribution in [2.45, 2.75) is 0 Å². The zero-order chi connectivity index (χ0) is 16.5. The zero-order valence-corrected chi connectivity index (χ0v) is 13.9. The largest absolute Gasteiger partial charge is 0.368 e. The van der Waals surface area contributed by atoms with Crippen molar-refractivity contribution in [3.63, 3.8) is 0 Å². The second kappa shape index (κ2) is 6.24. The molecule has 1 saturated heterocycles. The molecule has 0 atom stereocenters. The minimum absolute atomic E-state index is 0.0728. The standard InChI is InChI=1S/C19H17FN2OS/c20-14-6-7-18-16(12-14)19(23)17(13-24-18)22-10-8-21(9-11-22)15-4-2-1-3-5-15/h1-7,12-13H,8-11H2. The van der Waals surface area contributed by atoms with Crippen molar-refractivity contribution in [1.29, 1.82) is 0 Å². The highest BCUT2D eigenvalue weighted by Gasteiger charge is 2.20. The molecule has 0 aliphatic carbocycles. The highest BCUT2D eigenvalue weighted by Crippen LogP contribution is 2.24. The van der Waals surface area contributed by atoms with Crippen molar-refractivity contribution in [3.05, 3.63) is 70.0 Å². The summed E-state index contributed by atoms with van der Waals surface area (Å²) >= 11 is 1.50. The number of benzene rings is 2. The molecule has 2 aromatic carbocycles. The molecule has 0 unspecified atom stereocenters. The fraction of sp³-hybridized carbons (Fsp3) is 0.211. The maximum atomic E-state index is 13.5. The van der Waals surface area contributed by atoms with Gasteiger partial charge < -0.3 is 9.80 Å². The Morgan fingerprint density at radius 2 is 1.62 bits per heavy atom. The van der Waals surface area contributed by atoms with E-state index in [0.717, 1.165) is 30.9 Å². The van der Waals surface area contributed by atoms with E-state index in [1.807, 2.05) is 23.6 Å². The van der Waals surface area contributed by atoms with Gasteiger partial charge in [0.2, 0.25) is 5.43 Å². The van der Waals surface area contributed by atoms with Gasteiger partial charge in [-0.1, -0.05) is 18.2 Å². The summed E-state index contributed by atoms with van der Waals surface area (Å²) in [7, 11) is 0. The molecule has 5 heteroatoms. The van der Waals surface area contributed by atoms with Gasteiger partial charge in [-0.05, 0) is 30.3 Å². The topological polar surface area (TPSA) is 23.6 Å². The molecule has 3 nitrogen and oxygen atoms in total. The van der Waals surface area contributed by atoms with E-state index in [-0.39, 0.29) is 11.2 Å². The first-order valence-electron chi connectivity index (χ1n) is 7.98. The third kappa shape index (κ3) is 2.76. The van der Waals surface area contributed by atoms with Gasteiger partial charge >= 0.3 is 0 Å². The van der Waals surface area contributed by atoms with Crippen LogP contribution >= 0.6 is 11.3 Å². The third-order valence-electron chi connectivity index (χ3n) is 4.46. The van der Waals surface area contributed by atoms with Crippen LogP contribution in [0.1, 0.15) is 0 Å². The van der Waals surface area contributed by atoms with Crippen molar-refractivity contribution in [1.82, 2.24) is 0 Å². The summed E-state index contributed by atoms with van der Waals surface area (Å²) in [5.74, 6) is -0.363. The van der Waals surface area contributed by atoms with Crippen LogP contribution < -0.4 is 15.2 Å². The van der Waals surface area contributed by atoms with Crippen molar-refractivity contribution < 1.29 is 4.39 Å². The number of rotatable bonds is 2. The maximum Gasteiger partial charge on any atom is 0.211 e. The van der Waals surface area contributed by atoms with Gasteiger partial charge in [-0.3, -0.25) is 4.79 Å². The van der Waals surface area contributed by atoms with Gasteiger partial charge in [0, 0.05) is 47.3 Å². The molecule has 1 aliphatic heterocycles. The molecular weight excluding hydrogens is 323 g/mol. The molecule has 4 rings (SSSR count). The van der Waals surface area contributed by atoms with E-state index >= 15 is 0 Å². The van der Waals surface area contributed by atoms with Crippen LogP contribution in [0.15, 0.2) is 58.7 Å². The number of para-hydroxylation sites is 1. The summed E-state index contributed by atoms with van der Waals surface area (Å²) < 4.78 is 14.3. The molecule has 24 heavy (non-hydrogen) atoms. The molecule has 0 saturated carbocycles. The van der Waals surface area contributed by atoms with E-state index in [1.54, 1.807) is 6.07 Å². The number of anilines is 2. The summed E-state index contributed by atoms with van der Waals surface area (Å²) in [5.41, 5.74) is 1.82. The maximum absolute atomic E-state index is 13.5. The Kier molecular flexibility index (Phi) is 3.94. The van der Waals surface area contributed by atoms with E-state index in [4.69, 9.17) is 0 Å². The summed E-state index contributed by atoms with van der Waals surface area (Å²) in [6, 6.07) is 14.7. The monoisotopic (exact) mass is 340 g/mol. The minimum Gasteiger partial charge on any atom is -0.368 e. The van der Waals surface area contributed by atoms with E-state index in [0.29, 0.717) is 11.1 Å². The second-order valence-electron chi connectivity index (χ2n) is 5.90. The predicted octanol–water partition coefficient (Wildman–Crippen LogP) is 3.73. The van der Waals surface area contributed by atoms with Crippen LogP contribution in [0.25, 0.3) is 10.1 Å². The van der Waals surface area contributed by atoms with Crippen LogP contribution in [0, 0.1) is 5.82 Å². The quantitative estimate of drug-likeness (QED) is 0.710. The van der Waals surface area contributed by atoms with Gasteiger partial charge in [-0.25, -0.2) is 4.39 Å². The van der Waals surface area contributed by atoms with Gasteiger partial charge in [0.15, 0.2) is 0 Å². The molecule has 122 valence electrons. The third-order valence-corrected chi connectivity index (χ3v) is 5.41. The van der Waals surface area contributed by atoms with Gasteiger partial charge in [-0.2, -0.15) is 0 Å². The summed E-state index contributed by atoms with van der Waals surface area (Å²) in [5, 5.41) is 2.38. The van der Waals surface area contributed by atoms with E-state index in [1.165, 1.54) is 29.2 Å². The normalized spacial score (nSPS) is 15.0. The molecule has 0 N–H and O–H groups in total. The number of hydrogen-bond donors (Lipinski definition) is 0. The lowest BCUT2D eigenvalue weighted by molar-refractivity contribution is 0.629. The molecule has 1 aliphatic rings. The molecule has 0 bridgehead atoms. The molecular formula is C19H17FN2OS. The Labute approximate surface area is 143 Å². The Morgan fingerprint density at radius 3 is 2.38 bits per heavy atom. The van der Waals surface area contributed by atoms with Crippen LogP contribution in [0.2, 0.25) is 0 Å². The second-order valence-corrected chi connectivity index (χ2v) is 6.81. The summed E-state index contributed by atoms with van der Waals surface area (Å²) in [6.07, 6.45) is 0. The Hall–Kier alpha value is -2.40. The Balaban J connectivity index is 1.59. The lowest BCUT2D eigenvalue weighted by atomic mass is 10.2. The molecule has 0 radical (unpaired) electrons. The lowest BCUT2D eigenvalue weighted by Crippen LogP contribution is -2.47. The van der Waals surface area contributed by atoms with Crippen LogP contribution in [0.5, 0.6) is 0 Å². The fourth-order valence-corrected chi connectivity index (χ4v) is 4.08. The van der Waals surface area contributed by atoms with Crippen LogP contribution in [-0.4, -0.2) is 26.2 Å². The molecule has 1 fully saturated rings. The van der Waals surface area contributed by atoms with E-state index < -0.39 is 0 Å². The number of halogens is 1. The number of piperazine rings is 1. The molecule has 2 heterocycles. The van der Waals surface area contributed by atoms with Gasteiger partial charge in [0.05, 0.1) is 5.69 Å². The first kappa shape index (κ1) is 15.1. The van der Waals surface area contributed by atoms with Crippen LogP contribution in [0.3, 0.4) is 0 Å².